The van der Waals surface area contributed by atoms with Crippen LogP contribution in [-0.2, 0) is 12.0 Å². The number of thiophene rings is 1. The Bertz CT molecular complexity index is 720. The largest absolute Gasteiger partial charge is 0.390 e. The van der Waals surface area contributed by atoms with Gasteiger partial charge in [-0.3, -0.25) is 4.90 Å². The highest BCUT2D eigenvalue weighted by molar-refractivity contribution is 7.10. The highest BCUT2D eigenvalue weighted by atomic mass is 32.1. The van der Waals surface area contributed by atoms with Crippen molar-refractivity contribution in [3.05, 3.63) is 57.3 Å². The van der Waals surface area contributed by atoms with E-state index in [1.165, 1.54) is 21.6 Å². The maximum absolute atomic E-state index is 11.4. The van der Waals surface area contributed by atoms with E-state index in [0.717, 1.165) is 32.5 Å². The van der Waals surface area contributed by atoms with Crippen LogP contribution in [0.2, 0.25) is 0 Å². The van der Waals surface area contributed by atoms with Crippen LogP contribution in [0, 0.1) is 6.92 Å². The molecule has 1 fully saturated rings. The van der Waals surface area contributed by atoms with Crippen molar-refractivity contribution in [2.45, 2.75) is 43.9 Å². The van der Waals surface area contributed by atoms with Crippen molar-refractivity contribution in [2.75, 3.05) is 20.1 Å². The summed E-state index contributed by atoms with van der Waals surface area (Å²) in [7, 11) is 2.16. The normalized spacial score (nSPS) is 25.3. The van der Waals surface area contributed by atoms with Crippen molar-refractivity contribution < 1.29 is 5.11 Å². The van der Waals surface area contributed by atoms with Gasteiger partial charge in [-0.1, -0.05) is 24.3 Å². The molecule has 128 valence electrons. The third kappa shape index (κ3) is 2.44. The molecule has 1 aromatic carbocycles. The lowest BCUT2D eigenvalue weighted by Crippen LogP contribution is -2.48. The van der Waals surface area contributed by atoms with Gasteiger partial charge in [-0.25, -0.2) is 0 Å². The molecule has 0 unspecified atom stereocenters. The predicted octanol–water partition coefficient (Wildman–Crippen LogP) is 3.23. The Kier molecular flexibility index (Phi) is 4.25. The van der Waals surface area contributed by atoms with Gasteiger partial charge >= 0.3 is 0 Å². The van der Waals surface area contributed by atoms with E-state index in [9.17, 15) is 5.11 Å². The molecule has 1 aliphatic carbocycles. The van der Waals surface area contributed by atoms with Crippen molar-refractivity contribution in [1.29, 1.82) is 0 Å². The summed E-state index contributed by atoms with van der Waals surface area (Å²) in [6.45, 7) is 5.05. The molecule has 2 aromatic rings. The van der Waals surface area contributed by atoms with Gasteiger partial charge < -0.3 is 10.4 Å². The maximum atomic E-state index is 11.4. The summed E-state index contributed by atoms with van der Waals surface area (Å²) in [5, 5.41) is 17.0. The molecule has 0 saturated carbocycles. The number of aliphatic hydroxyl groups is 1. The van der Waals surface area contributed by atoms with Crippen molar-refractivity contribution in [3.8, 4) is 0 Å². The minimum Gasteiger partial charge on any atom is -0.390 e. The number of aliphatic hydroxyl groups excluding tert-OH is 1. The molecule has 2 atom stereocenters. The number of piperidine rings is 1. The molecular weight excluding hydrogens is 316 g/mol. The standard InChI is InChI=1S/C20H26N2OS/c1-14-7-12-24-17(14)13-22(2)18-15-5-3-4-6-16(15)20(19(18)23)8-10-21-11-9-20/h3-7,12,18-19,21,23H,8-11,13H2,1-2H3/t18-,19+/m1/s1. The van der Waals surface area contributed by atoms with E-state index in [4.69, 9.17) is 0 Å². The number of nitrogens with one attached hydrogen (secondary N) is 1. The molecule has 2 heterocycles. The lowest BCUT2D eigenvalue weighted by Gasteiger charge is -2.40. The van der Waals surface area contributed by atoms with Gasteiger partial charge in [0.05, 0.1) is 12.1 Å². The summed E-state index contributed by atoms with van der Waals surface area (Å²) in [6.07, 6.45) is 1.71. The Morgan fingerprint density at radius 3 is 2.71 bits per heavy atom. The molecule has 4 rings (SSSR count). The minimum atomic E-state index is -0.331. The van der Waals surface area contributed by atoms with Crippen molar-refractivity contribution >= 4 is 11.3 Å². The molecule has 4 heteroatoms. The second-order valence-electron chi connectivity index (χ2n) is 7.32. The molecule has 1 aliphatic heterocycles. The molecular formula is C20H26N2OS. The van der Waals surface area contributed by atoms with Gasteiger partial charge in [-0.2, -0.15) is 0 Å². The number of likely N-dealkylation sites (N-methyl/N-ethyl adjacent to an activating group) is 1. The van der Waals surface area contributed by atoms with E-state index in [2.05, 4.69) is 59.9 Å². The lowest BCUT2D eigenvalue weighted by atomic mass is 9.72. The van der Waals surface area contributed by atoms with Crippen LogP contribution in [0.5, 0.6) is 0 Å². The smallest absolute Gasteiger partial charge is 0.0834 e. The number of hydrogen-bond donors (Lipinski definition) is 2. The van der Waals surface area contributed by atoms with E-state index in [0.29, 0.717) is 0 Å². The van der Waals surface area contributed by atoms with E-state index >= 15 is 0 Å². The molecule has 24 heavy (non-hydrogen) atoms. The van der Waals surface area contributed by atoms with E-state index < -0.39 is 0 Å². The lowest BCUT2D eigenvalue weighted by molar-refractivity contribution is 0.00443. The van der Waals surface area contributed by atoms with Gasteiger partial charge in [0, 0.05) is 16.8 Å². The average Bonchev–Trinajstić information content (AvgIpc) is 3.10. The van der Waals surface area contributed by atoms with Gasteiger partial charge in [0.2, 0.25) is 0 Å². The zero-order valence-electron chi connectivity index (χ0n) is 14.5. The molecule has 0 amide bonds. The van der Waals surface area contributed by atoms with E-state index in [1.54, 1.807) is 0 Å². The first-order valence-corrected chi connectivity index (χ1v) is 9.73. The average molecular weight is 343 g/mol. The third-order valence-corrected chi connectivity index (χ3v) is 7.02. The van der Waals surface area contributed by atoms with Gasteiger partial charge in [0.25, 0.3) is 0 Å². The monoisotopic (exact) mass is 342 g/mol. The van der Waals surface area contributed by atoms with Crippen LogP contribution in [0.15, 0.2) is 35.7 Å². The summed E-state index contributed by atoms with van der Waals surface area (Å²) in [5.41, 5.74) is 3.97. The number of fused-ring (bicyclic) bond motifs is 2. The third-order valence-electron chi connectivity index (χ3n) is 6.01. The van der Waals surface area contributed by atoms with Gasteiger partial charge in [-0.15, -0.1) is 11.3 Å². The number of hydrogen-bond acceptors (Lipinski definition) is 4. The number of nitrogens with zero attached hydrogens (tertiary/aromatic N) is 1. The molecule has 0 bridgehead atoms. The Balaban J connectivity index is 1.69. The number of rotatable bonds is 3. The van der Waals surface area contributed by atoms with E-state index in [-0.39, 0.29) is 17.6 Å². The Hall–Kier alpha value is -1.20. The first kappa shape index (κ1) is 16.3. The summed E-state index contributed by atoms with van der Waals surface area (Å²) < 4.78 is 0. The minimum absolute atomic E-state index is 0.0781. The summed E-state index contributed by atoms with van der Waals surface area (Å²) in [4.78, 5) is 3.74. The Morgan fingerprint density at radius 1 is 1.25 bits per heavy atom. The zero-order valence-corrected chi connectivity index (χ0v) is 15.3. The SMILES string of the molecule is Cc1ccsc1CN(C)[C@@H]1c2ccccc2C2(CCNCC2)[C@H]1O. The summed E-state index contributed by atoms with van der Waals surface area (Å²) in [6, 6.07) is 11.0. The van der Waals surface area contributed by atoms with Crippen LogP contribution in [-0.4, -0.2) is 36.2 Å². The Labute approximate surface area is 148 Å². The molecule has 0 radical (unpaired) electrons. The van der Waals surface area contributed by atoms with Gasteiger partial charge in [0.1, 0.15) is 0 Å². The first-order chi connectivity index (χ1) is 11.6. The topological polar surface area (TPSA) is 35.5 Å². The van der Waals surface area contributed by atoms with Crippen molar-refractivity contribution in [1.82, 2.24) is 10.2 Å². The molecule has 1 saturated heterocycles. The predicted molar refractivity (Wildman–Crippen MR) is 99.5 cm³/mol. The highest BCUT2D eigenvalue weighted by Crippen LogP contribution is 2.52. The van der Waals surface area contributed by atoms with E-state index in [1.807, 2.05) is 11.3 Å². The zero-order chi connectivity index (χ0) is 16.7. The fourth-order valence-corrected chi connectivity index (χ4v) is 5.62. The van der Waals surface area contributed by atoms with Gasteiger partial charge in [0.15, 0.2) is 0 Å². The highest BCUT2D eigenvalue weighted by Gasteiger charge is 2.52. The molecule has 1 aromatic heterocycles. The van der Waals surface area contributed by atoms with Gasteiger partial charge in [-0.05, 0) is 68.0 Å². The summed E-state index contributed by atoms with van der Waals surface area (Å²) >= 11 is 1.81. The molecule has 3 nitrogen and oxygen atoms in total. The number of aryl methyl sites for hydroxylation is 1. The van der Waals surface area contributed by atoms with Crippen LogP contribution in [0.1, 0.15) is 40.5 Å². The van der Waals surface area contributed by atoms with Crippen LogP contribution >= 0.6 is 11.3 Å². The molecule has 2 aliphatic rings. The van der Waals surface area contributed by atoms with Crippen LogP contribution in [0.4, 0.5) is 0 Å². The fraction of sp³-hybridized carbons (Fsp3) is 0.500. The fourth-order valence-electron chi connectivity index (χ4n) is 4.65. The van der Waals surface area contributed by atoms with Crippen molar-refractivity contribution in [3.63, 3.8) is 0 Å². The first-order valence-electron chi connectivity index (χ1n) is 8.85. The quantitative estimate of drug-likeness (QED) is 0.899. The number of benzene rings is 1. The second kappa shape index (κ2) is 6.26. The van der Waals surface area contributed by atoms with Crippen molar-refractivity contribution in [2.24, 2.45) is 0 Å². The van der Waals surface area contributed by atoms with Crippen LogP contribution in [0.25, 0.3) is 0 Å². The van der Waals surface area contributed by atoms with Crippen LogP contribution < -0.4 is 5.32 Å². The molecule has 2 N–H and O–H groups in total. The summed E-state index contributed by atoms with van der Waals surface area (Å²) in [5.74, 6) is 0. The van der Waals surface area contributed by atoms with Crippen LogP contribution in [0.3, 0.4) is 0 Å². The molecule has 1 spiro atoms. The second-order valence-corrected chi connectivity index (χ2v) is 8.33. The Morgan fingerprint density at radius 2 is 2.00 bits per heavy atom. The maximum Gasteiger partial charge on any atom is 0.0834 e.